The molecule has 0 saturated carbocycles. The molecule has 0 spiro atoms. The van der Waals surface area contributed by atoms with E-state index in [0.29, 0.717) is 36.8 Å². The summed E-state index contributed by atoms with van der Waals surface area (Å²) in [6.07, 6.45) is 0.430. The number of anilines is 1. The van der Waals surface area contributed by atoms with Gasteiger partial charge in [0.1, 0.15) is 6.04 Å². The molecule has 1 fully saturated rings. The van der Waals surface area contributed by atoms with Crippen LogP contribution in [0.2, 0.25) is 5.02 Å². The van der Waals surface area contributed by atoms with Gasteiger partial charge in [0.05, 0.1) is 0 Å². The summed E-state index contributed by atoms with van der Waals surface area (Å²) < 4.78 is 0. The average molecular weight is 354 g/mol. The Morgan fingerprint density at radius 2 is 2.12 bits per heavy atom. The Morgan fingerprint density at radius 3 is 2.79 bits per heavy atom. The predicted molar refractivity (Wildman–Crippen MR) is 90.1 cm³/mol. The minimum atomic E-state index is -0.880. The Labute approximate surface area is 145 Å². The number of hydrogen-bond acceptors (Lipinski definition) is 3. The van der Waals surface area contributed by atoms with Gasteiger partial charge in [-0.3, -0.25) is 9.59 Å². The number of aliphatic carboxylic acids is 1. The summed E-state index contributed by atoms with van der Waals surface area (Å²) in [4.78, 5) is 38.4. The first-order chi connectivity index (χ1) is 11.4. The quantitative estimate of drug-likeness (QED) is 0.849. The zero-order valence-electron chi connectivity index (χ0n) is 13.4. The van der Waals surface area contributed by atoms with E-state index in [2.05, 4.69) is 5.32 Å². The highest BCUT2D eigenvalue weighted by Gasteiger charge is 2.34. The normalized spacial score (nSPS) is 17.8. The van der Waals surface area contributed by atoms with E-state index in [9.17, 15) is 14.4 Å². The van der Waals surface area contributed by atoms with Gasteiger partial charge in [0.25, 0.3) is 0 Å². The summed E-state index contributed by atoms with van der Waals surface area (Å²) in [6.45, 7) is 2.85. The van der Waals surface area contributed by atoms with Crippen LogP contribution in [0.4, 0.5) is 10.5 Å². The standard InChI is InChI=1S/C16H20ClN3O4/c1-11-15(23)19(7-3-6-14(21)22)8-9-20(11)16(24)18-13-5-2-4-12(17)10-13/h2,4-5,10-11H,3,6-9H2,1H3,(H,18,24)(H,21,22). The number of amides is 3. The second-order valence-corrected chi connectivity index (χ2v) is 6.07. The molecule has 0 bridgehead atoms. The Kier molecular flexibility index (Phi) is 6.03. The number of benzene rings is 1. The molecule has 7 nitrogen and oxygen atoms in total. The molecule has 1 aromatic rings. The van der Waals surface area contributed by atoms with E-state index in [0.717, 1.165) is 0 Å². The predicted octanol–water partition coefficient (Wildman–Crippen LogP) is 2.27. The molecule has 2 rings (SSSR count). The van der Waals surface area contributed by atoms with Crippen LogP contribution < -0.4 is 5.32 Å². The number of piperazine rings is 1. The number of rotatable bonds is 5. The number of halogens is 1. The van der Waals surface area contributed by atoms with Gasteiger partial charge in [0.2, 0.25) is 5.91 Å². The van der Waals surface area contributed by atoms with Crippen LogP contribution in [0.25, 0.3) is 0 Å². The highest BCUT2D eigenvalue weighted by molar-refractivity contribution is 6.30. The monoisotopic (exact) mass is 353 g/mol. The highest BCUT2D eigenvalue weighted by Crippen LogP contribution is 2.18. The van der Waals surface area contributed by atoms with Gasteiger partial charge in [-0.1, -0.05) is 17.7 Å². The molecule has 0 aromatic heterocycles. The minimum absolute atomic E-state index is 0.0249. The SMILES string of the molecule is CC1C(=O)N(CCCC(=O)O)CCN1C(=O)Nc1cccc(Cl)c1. The fourth-order valence-electron chi connectivity index (χ4n) is 2.61. The third-order valence-corrected chi connectivity index (χ3v) is 4.14. The van der Waals surface area contributed by atoms with Crippen molar-refractivity contribution < 1.29 is 19.5 Å². The molecule has 0 aliphatic carbocycles. The van der Waals surface area contributed by atoms with Crippen molar-refractivity contribution in [2.75, 3.05) is 25.0 Å². The van der Waals surface area contributed by atoms with Crippen molar-refractivity contribution >= 4 is 35.2 Å². The van der Waals surface area contributed by atoms with E-state index in [4.69, 9.17) is 16.7 Å². The number of nitrogens with zero attached hydrogens (tertiary/aromatic N) is 2. The summed E-state index contributed by atoms with van der Waals surface area (Å²) in [7, 11) is 0. The molecule has 130 valence electrons. The number of hydrogen-bond donors (Lipinski definition) is 2. The molecule has 1 aliphatic rings. The zero-order chi connectivity index (χ0) is 17.7. The molecule has 24 heavy (non-hydrogen) atoms. The number of carbonyl (C=O) groups is 3. The largest absolute Gasteiger partial charge is 0.481 e. The maximum Gasteiger partial charge on any atom is 0.322 e. The lowest BCUT2D eigenvalue weighted by molar-refractivity contribution is -0.141. The van der Waals surface area contributed by atoms with Crippen molar-refractivity contribution in [3.63, 3.8) is 0 Å². The molecule has 1 saturated heterocycles. The Morgan fingerprint density at radius 1 is 1.38 bits per heavy atom. The van der Waals surface area contributed by atoms with Crippen molar-refractivity contribution in [1.29, 1.82) is 0 Å². The van der Waals surface area contributed by atoms with Crippen LogP contribution in [0.15, 0.2) is 24.3 Å². The number of carboxylic acid groups (broad SMARTS) is 1. The number of carboxylic acids is 1. The fraction of sp³-hybridized carbons (Fsp3) is 0.438. The van der Waals surface area contributed by atoms with Gasteiger partial charge < -0.3 is 20.2 Å². The van der Waals surface area contributed by atoms with Gasteiger partial charge in [0, 0.05) is 36.8 Å². The summed E-state index contributed by atoms with van der Waals surface area (Å²) in [5.74, 6) is -1.05. The molecule has 1 aliphatic heterocycles. The van der Waals surface area contributed by atoms with Crippen LogP contribution in [0.1, 0.15) is 19.8 Å². The van der Waals surface area contributed by atoms with E-state index in [1.165, 1.54) is 4.90 Å². The third kappa shape index (κ3) is 4.61. The maximum absolute atomic E-state index is 12.4. The molecular formula is C16H20ClN3O4. The minimum Gasteiger partial charge on any atom is -0.481 e. The van der Waals surface area contributed by atoms with Crippen LogP contribution in [-0.4, -0.2) is 58.5 Å². The van der Waals surface area contributed by atoms with Crippen molar-refractivity contribution in [3.05, 3.63) is 29.3 Å². The van der Waals surface area contributed by atoms with Crippen LogP contribution in [0, 0.1) is 0 Å². The topological polar surface area (TPSA) is 90.0 Å². The number of nitrogens with one attached hydrogen (secondary N) is 1. The lowest BCUT2D eigenvalue weighted by Gasteiger charge is -2.39. The lowest BCUT2D eigenvalue weighted by Crippen LogP contribution is -2.58. The second-order valence-electron chi connectivity index (χ2n) is 5.63. The van der Waals surface area contributed by atoms with Crippen molar-refractivity contribution in [3.8, 4) is 0 Å². The highest BCUT2D eigenvalue weighted by atomic mass is 35.5. The maximum atomic E-state index is 12.4. The van der Waals surface area contributed by atoms with E-state index in [1.807, 2.05) is 0 Å². The first-order valence-corrected chi connectivity index (χ1v) is 8.10. The average Bonchev–Trinajstić information content (AvgIpc) is 2.51. The molecule has 1 aromatic carbocycles. The van der Waals surface area contributed by atoms with Gasteiger partial charge in [-0.05, 0) is 31.5 Å². The van der Waals surface area contributed by atoms with Crippen LogP contribution >= 0.6 is 11.6 Å². The summed E-state index contributed by atoms with van der Waals surface area (Å²) >= 11 is 5.89. The van der Waals surface area contributed by atoms with Crippen molar-refractivity contribution in [1.82, 2.24) is 9.80 Å². The molecular weight excluding hydrogens is 334 g/mol. The first kappa shape index (κ1) is 18.1. The lowest BCUT2D eigenvalue weighted by atomic mass is 10.1. The third-order valence-electron chi connectivity index (χ3n) is 3.90. The van der Waals surface area contributed by atoms with Gasteiger partial charge in [-0.2, -0.15) is 0 Å². The van der Waals surface area contributed by atoms with E-state index in [1.54, 1.807) is 36.1 Å². The van der Waals surface area contributed by atoms with Crippen molar-refractivity contribution in [2.45, 2.75) is 25.8 Å². The summed E-state index contributed by atoms with van der Waals surface area (Å²) in [5, 5.41) is 11.9. The Hall–Kier alpha value is -2.28. The summed E-state index contributed by atoms with van der Waals surface area (Å²) in [6, 6.07) is 5.84. The van der Waals surface area contributed by atoms with E-state index in [-0.39, 0.29) is 18.4 Å². The van der Waals surface area contributed by atoms with Crippen LogP contribution in [-0.2, 0) is 9.59 Å². The molecule has 2 N–H and O–H groups in total. The fourth-order valence-corrected chi connectivity index (χ4v) is 2.80. The van der Waals surface area contributed by atoms with Gasteiger partial charge in [0.15, 0.2) is 0 Å². The first-order valence-electron chi connectivity index (χ1n) is 7.72. The smallest absolute Gasteiger partial charge is 0.322 e. The Bertz CT molecular complexity index is 638. The molecule has 1 atom stereocenters. The summed E-state index contributed by atoms with van der Waals surface area (Å²) in [5.41, 5.74) is 0.566. The number of urea groups is 1. The molecule has 0 radical (unpaired) electrons. The van der Waals surface area contributed by atoms with E-state index < -0.39 is 12.0 Å². The van der Waals surface area contributed by atoms with E-state index >= 15 is 0 Å². The number of carbonyl (C=O) groups excluding carboxylic acids is 2. The van der Waals surface area contributed by atoms with Crippen LogP contribution in [0.5, 0.6) is 0 Å². The second kappa shape index (κ2) is 8.01. The van der Waals surface area contributed by atoms with Crippen molar-refractivity contribution in [2.24, 2.45) is 0 Å². The van der Waals surface area contributed by atoms with Crippen LogP contribution in [0.3, 0.4) is 0 Å². The van der Waals surface area contributed by atoms with Gasteiger partial charge in [-0.15, -0.1) is 0 Å². The molecule has 1 heterocycles. The zero-order valence-corrected chi connectivity index (χ0v) is 14.1. The molecule has 8 heteroatoms. The van der Waals surface area contributed by atoms with Gasteiger partial charge >= 0.3 is 12.0 Å². The Balaban J connectivity index is 1.92. The molecule has 3 amide bonds. The van der Waals surface area contributed by atoms with Gasteiger partial charge in [-0.25, -0.2) is 4.79 Å². The molecule has 1 unspecified atom stereocenters.